The molecule has 2 rings (SSSR count). The van der Waals surface area contributed by atoms with Crippen molar-refractivity contribution in [3.8, 4) is 6.07 Å². The van der Waals surface area contributed by atoms with Crippen molar-refractivity contribution in [1.29, 1.82) is 5.26 Å². The molecule has 0 radical (unpaired) electrons. The second-order valence-corrected chi connectivity index (χ2v) is 4.61. The van der Waals surface area contributed by atoms with Crippen molar-refractivity contribution in [1.82, 2.24) is 4.90 Å². The number of ether oxygens (including phenoxy) is 1. The van der Waals surface area contributed by atoms with Gasteiger partial charge in [0.25, 0.3) is 5.91 Å². The average molecular weight is 286 g/mol. The van der Waals surface area contributed by atoms with Gasteiger partial charge >= 0.3 is 0 Å². The fourth-order valence-corrected chi connectivity index (χ4v) is 2.13. The third kappa shape index (κ3) is 2.88. The first-order valence-corrected chi connectivity index (χ1v) is 6.89. The van der Waals surface area contributed by atoms with E-state index in [1.54, 1.807) is 5.01 Å². The zero-order chi connectivity index (χ0) is 15.4. The van der Waals surface area contributed by atoms with E-state index in [4.69, 9.17) is 10.00 Å². The van der Waals surface area contributed by atoms with Gasteiger partial charge in [-0.15, -0.1) is 0 Å². The number of nitrogens with zero attached hydrogens (tertiary/aromatic N) is 4. The summed E-state index contributed by atoms with van der Waals surface area (Å²) in [5, 5.41) is 14.8. The molecule has 0 saturated heterocycles. The number of hydrazone groups is 1. The number of amides is 1. The number of rotatable bonds is 4. The molecule has 0 spiro atoms. The van der Waals surface area contributed by atoms with Crippen LogP contribution in [0.25, 0.3) is 0 Å². The largest absolute Gasteiger partial charge is 0.339 e. The van der Waals surface area contributed by atoms with Gasteiger partial charge < -0.3 is 4.74 Å². The molecule has 0 unspecified atom stereocenters. The van der Waals surface area contributed by atoms with E-state index in [1.165, 1.54) is 4.90 Å². The van der Waals surface area contributed by atoms with E-state index in [2.05, 4.69) is 5.10 Å². The minimum atomic E-state index is -0.632. The first kappa shape index (κ1) is 15.0. The standard InChI is InChI=1S/C15H18N4O2/c1-4-18-14(20)13(10-16)17-19(15(18)21-5-2)12-8-6-11(3)7-9-12/h6-9,15H,4-5H2,1-3H3/t15-/m0/s1. The summed E-state index contributed by atoms with van der Waals surface area (Å²) in [5.41, 5.74) is 1.77. The average Bonchev–Trinajstić information content (AvgIpc) is 2.49. The van der Waals surface area contributed by atoms with Crippen molar-refractivity contribution in [3.63, 3.8) is 0 Å². The van der Waals surface area contributed by atoms with Crippen LogP contribution in [-0.2, 0) is 9.53 Å². The molecule has 6 heteroatoms. The van der Waals surface area contributed by atoms with Crippen molar-refractivity contribution in [3.05, 3.63) is 29.8 Å². The van der Waals surface area contributed by atoms with Crippen molar-refractivity contribution in [2.24, 2.45) is 5.10 Å². The Morgan fingerprint density at radius 1 is 1.33 bits per heavy atom. The van der Waals surface area contributed by atoms with E-state index in [9.17, 15) is 4.79 Å². The first-order valence-electron chi connectivity index (χ1n) is 6.89. The minimum Gasteiger partial charge on any atom is -0.339 e. The summed E-state index contributed by atoms with van der Waals surface area (Å²) in [6.45, 7) is 6.57. The highest BCUT2D eigenvalue weighted by Gasteiger charge is 2.36. The summed E-state index contributed by atoms with van der Waals surface area (Å²) >= 11 is 0. The quantitative estimate of drug-likeness (QED) is 0.847. The van der Waals surface area contributed by atoms with Crippen LogP contribution in [0.5, 0.6) is 0 Å². The Balaban J connectivity index is 2.47. The van der Waals surface area contributed by atoms with Crippen molar-refractivity contribution in [2.75, 3.05) is 18.2 Å². The van der Waals surface area contributed by atoms with Gasteiger partial charge in [-0.25, -0.2) is 5.01 Å². The van der Waals surface area contributed by atoms with Gasteiger partial charge in [0.05, 0.1) is 5.69 Å². The highest BCUT2D eigenvalue weighted by atomic mass is 16.5. The number of carbonyl (C=O) groups excluding carboxylic acids is 1. The molecular formula is C15H18N4O2. The maximum atomic E-state index is 12.2. The van der Waals surface area contributed by atoms with Gasteiger partial charge in [0.15, 0.2) is 0 Å². The van der Waals surface area contributed by atoms with Gasteiger partial charge in [-0.05, 0) is 32.9 Å². The molecule has 1 aliphatic rings. The fourth-order valence-electron chi connectivity index (χ4n) is 2.13. The van der Waals surface area contributed by atoms with E-state index >= 15 is 0 Å². The predicted octanol–water partition coefficient (Wildman–Crippen LogP) is 1.86. The second kappa shape index (κ2) is 6.37. The number of hydrogen-bond acceptors (Lipinski definition) is 5. The lowest BCUT2D eigenvalue weighted by atomic mass is 10.2. The lowest BCUT2D eigenvalue weighted by molar-refractivity contribution is -0.139. The Labute approximate surface area is 124 Å². The smallest absolute Gasteiger partial charge is 0.288 e. The number of nitriles is 1. The Morgan fingerprint density at radius 3 is 2.52 bits per heavy atom. The zero-order valence-electron chi connectivity index (χ0n) is 12.4. The molecule has 0 fully saturated rings. The Kier molecular flexibility index (Phi) is 4.55. The molecule has 1 heterocycles. The Bertz CT molecular complexity index is 589. The highest BCUT2D eigenvalue weighted by molar-refractivity contribution is 6.45. The molecule has 0 bridgehead atoms. The van der Waals surface area contributed by atoms with Gasteiger partial charge in [-0.3, -0.25) is 9.69 Å². The predicted molar refractivity (Wildman–Crippen MR) is 79.5 cm³/mol. The summed E-state index contributed by atoms with van der Waals surface area (Å²) in [5.74, 6) is -0.401. The third-order valence-electron chi connectivity index (χ3n) is 3.21. The topological polar surface area (TPSA) is 68.9 Å². The molecule has 21 heavy (non-hydrogen) atoms. The molecule has 1 atom stereocenters. The molecule has 0 N–H and O–H groups in total. The molecule has 0 aliphatic carbocycles. The van der Waals surface area contributed by atoms with Crippen LogP contribution in [0.3, 0.4) is 0 Å². The number of carbonyl (C=O) groups is 1. The van der Waals surface area contributed by atoms with Crippen molar-refractivity contribution in [2.45, 2.75) is 27.1 Å². The normalized spacial score (nSPS) is 18.5. The van der Waals surface area contributed by atoms with Crippen LogP contribution in [0.2, 0.25) is 0 Å². The number of anilines is 1. The molecule has 0 aromatic heterocycles. The van der Waals surface area contributed by atoms with E-state index in [1.807, 2.05) is 51.1 Å². The van der Waals surface area contributed by atoms with Crippen LogP contribution in [0.4, 0.5) is 5.69 Å². The molecule has 1 aromatic rings. The molecule has 110 valence electrons. The maximum Gasteiger partial charge on any atom is 0.288 e. The van der Waals surface area contributed by atoms with Gasteiger partial charge in [0.2, 0.25) is 12.1 Å². The maximum absolute atomic E-state index is 12.2. The summed E-state index contributed by atoms with van der Waals surface area (Å²) in [6.07, 6.45) is -0.632. The van der Waals surface area contributed by atoms with Gasteiger partial charge in [-0.2, -0.15) is 10.4 Å². The molecule has 6 nitrogen and oxygen atoms in total. The van der Waals surface area contributed by atoms with E-state index < -0.39 is 12.3 Å². The molecule has 1 aliphatic heterocycles. The Hall–Kier alpha value is -2.39. The zero-order valence-corrected chi connectivity index (χ0v) is 12.4. The minimum absolute atomic E-state index is 0.131. The summed E-state index contributed by atoms with van der Waals surface area (Å²) in [7, 11) is 0. The summed E-state index contributed by atoms with van der Waals surface area (Å²) in [4.78, 5) is 13.7. The van der Waals surface area contributed by atoms with Crippen molar-refractivity contribution < 1.29 is 9.53 Å². The fraction of sp³-hybridized carbons (Fsp3) is 0.400. The second-order valence-electron chi connectivity index (χ2n) is 4.61. The first-order chi connectivity index (χ1) is 10.1. The van der Waals surface area contributed by atoms with Crippen LogP contribution in [0.1, 0.15) is 19.4 Å². The monoisotopic (exact) mass is 286 g/mol. The van der Waals surface area contributed by atoms with Crippen LogP contribution >= 0.6 is 0 Å². The Morgan fingerprint density at radius 2 is 2.00 bits per heavy atom. The lowest BCUT2D eigenvalue weighted by Gasteiger charge is -2.39. The highest BCUT2D eigenvalue weighted by Crippen LogP contribution is 2.24. The van der Waals surface area contributed by atoms with Crippen LogP contribution < -0.4 is 5.01 Å². The van der Waals surface area contributed by atoms with E-state index in [-0.39, 0.29) is 5.71 Å². The van der Waals surface area contributed by atoms with Crippen molar-refractivity contribution >= 4 is 17.3 Å². The molecule has 0 saturated carbocycles. The number of aryl methyl sites for hydroxylation is 1. The molecular weight excluding hydrogens is 268 g/mol. The SMILES string of the molecule is CCO[C@H]1N(CC)C(=O)C(C#N)=NN1c1ccc(C)cc1. The van der Waals surface area contributed by atoms with Gasteiger partial charge in [0, 0.05) is 13.2 Å². The number of benzene rings is 1. The van der Waals surface area contributed by atoms with Crippen LogP contribution in [0.15, 0.2) is 29.4 Å². The molecule has 1 aromatic carbocycles. The van der Waals surface area contributed by atoms with Crippen LogP contribution in [-0.4, -0.2) is 36.0 Å². The third-order valence-corrected chi connectivity index (χ3v) is 3.21. The van der Waals surface area contributed by atoms with E-state index in [0.717, 1.165) is 11.3 Å². The summed E-state index contributed by atoms with van der Waals surface area (Å²) < 4.78 is 5.66. The van der Waals surface area contributed by atoms with E-state index in [0.29, 0.717) is 13.2 Å². The summed E-state index contributed by atoms with van der Waals surface area (Å²) in [6, 6.07) is 9.54. The lowest BCUT2D eigenvalue weighted by Crippen LogP contribution is -2.56. The van der Waals surface area contributed by atoms with Crippen LogP contribution in [0, 0.1) is 18.3 Å². The molecule has 1 amide bonds. The van der Waals surface area contributed by atoms with Gasteiger partial charge in [0.1, 0.15) is 6.07 Å². The van der Waals surface area contributed by atoms with Gasteiger partial charge in [-0.1, -0.05) is 17.7 Å². The number of hydrogen-bond donors (Lipinski definition) is 0.